The molecule has 2 heterocycles. The Morgan fingerprint density at radius 3 is 2.30 bits per heavy atom. The van der Waals surface area contributed by atoms with E-state index < -0.39 is 23.5 Å². The van der Waals surface area contributed by atoms with Gasteiger partial charge in [-0.25, -0.2) is 4.98 Å². The van der Waals surface area contributed by atoms with Gasteiger partial charge in [0.2, 0.25) is 0 Å². The molecule has 0 fully saturated rings. The van der Waals surface area contributed by atoms with Crippen molar-refractivity contribution in [3.05, 3.63) is 58.1 Å². The summed E-state index contributed by atoms with van der Waals surface area (Å²) in [5.41, 5.74) is -1.41. The second-order valence-corrected chi connectivity index (χ2v) is 6.56. The molecule has 142 valence electrons. The molecule has 0 bridgehead atoms. The van der Waals surface area contributed by atoms with Gasteiger partial charge in [-0.1, -0.05) is 17.7 Å². The smallest absolute Gasteiger partial charge is 0.332 e. The number of nitrogens with one attached hydrogen (secondary N) is 1. The van der Waals surface area contributed by atoms with Crippen LogP contribution in [0.3, 0.4) is 0 Å². The first-order valence-electron chi connectivity index (χ1n) is 7.17. The Morgan fingerprint density at radius 2 is 1.67 bits per heavy atom. The molecule has 0 aliphatic carbocycles. The fourth-order valence-electron chi connectivity index (χ4n) is 2.12. The van der Waals surface area contributed by atoms with Crippen molar-refractivity contribution in [2.24, 2.45) is 0 Å². The molecule has 0 saturated carbocycles. The van der Waals surface area contributed by atoms with Gasteiger partial charge >= 0.3 is 12.4 Å². The van der Waals surface area contributed by atoms with Crippen molar-refractivity contribution < 1.29 is 26.3 Å². The van der Waals surface area contributed by atoms with Crippen molar-refractivity contribution in [1.82, 2.24) is 9.97 Å². The molecule has 27 heavy (non-hydrogen) atoms. The first-order chi connectivity index (χ1) is 12.5. The zero-order valence-corrected chi connectivity index (χ0v) is 14.6. The van der Waals surface area contributed by atoms with E-state index in [-0.39, 0.29) is 27.2 Å². The van der Waals surface area contributed by atoms with Gasteiger partial charge in [-0.3, -0.25) is 4.98 Å². The van der Waals surface area contributed by atoms with Crippen LogP contribution in [-0.2, 0) is 12.4 Å². The molecule has 11 heteroatoms. The van der Waals surface area contributed by atoms with Crippen LogP contribution in [0.2, 0.25) is 5.02 Å². The predicted octanol–water partition coefficient (Wildman–Crippen LogP) is 6.64. The standard InChI is InChI=1S/C16H8ClF6N3S/c17-11-5-9(16(21,22)23)6-24-13(11)12-7-27-14(26-12)25-10-3-1-2-8(4-10)15(18,19)20/h1-7H,(H,25,26). The molecule has 0 radical (unpaired) electrons. The van der Waals surface area contributed by atoms with E-state index in [0.717, 1.165) is 29.5 Å². The maximum Gasteiger partial charge on any atom is 0.417 e. The van der Waals surface area contributed by atoms with E-state index in [2.05, 4.69) is 15.3 Å². The second-order valence-electron chi connectivity index (χ2n) is 5.29. The number of anilines is 2. The third-order valence-corrected chi connectivity index (χ3v) is 4.40. The van der Waals surface area contributed by atoms with Gasteiger partial charge in [0, 0.05) is 17.3 Å². The van der Waals surface area contributed by atoms with E-state index in [1.54, 1.807) is 0 Å². The van der Waals surface area contributed by atoms with Crippen molar-refractivity contribution in [2.45, 2.75) is 12.4 Å². The number of halogens is 7. The monoisotopic (exact) mass is 423 g/mol. The quantitative estimate of drug-likeness (QED) is 0.480. The lowest BCUT2D eigenvalue weighted by atomic mass is 10.2. The molecule has 0 spiro atoms. The number of hydrogen-bond donors (Lipinski definition) is 1. The number of nitrogens with zero attached hydrogens (tertiary/aromatic N) is 2. The van der Waals surface area contributed by atoms with E-state index in [1.165, 1.54) is 17.5 Å². The molecule has 2 aromatic heterocycles. The summed E-state index contributed by atoms with van der Waals surface area (Å²) < 4.78 is 76.2. The van der Waals surface area contributed by atoms with Gasteiger partial charge in [-0.15, -0.1) is 11.3 Å². The summed E-state index contributed by atoms with van der Waals surface area (Å²) in [6, 6.07) is 5.27. The predicted molar refractivity (Wildman–Crippen MR) is 90.1 cm³/mol. The molecule has 1 aromatic carbocycles. The van der Waals surface area contributed by atoms with Gasteiger partial charge in [-0.05, 0) is 24.3 Å². The number of pyridine rings is 1. The van der Waals surface area contributed by atoms with Crippen molar-refractivity contribution in [2.75, 3.05) is 5.32 Å². The fraction of sp³-hybridized carbons (Fsp3) is 0.125. The number of thiazole rings is 1. The third-order valence-electron chi connectivity index (χ3n) is 3.36. The lowest BCUT2D eigenvalue weighted by molar-refractivity contribution is -0.138. The molecule has 3 nitrogen and oxygen atoms in total. The number of aromatic nitrogens is 2. The van der Waals surface area contributed by atoms with Gasteiger partial charge in [0.15, 0.2) is 5.13 Å². The van der Waals surface area contributed by atoms with E-state index in [9.17, 15) is 26.3 Å². The van der Waals surface area contributed by atoms with E-state index in [1.807, 2.05) is 0 Å². The van der Waals surface area contributed by atoms with E-state index in [4.69, 9.17) is 11.6 Å². The number of alkyl halides is 6. The molecule has 3 rings (SSSR count). The minimum absolute atomic E-state index is 0.0398. The van der Waals surface area contributed by atoms with Gasteiger partial charge < -0.3 is 5.32 Å². The number of rotatable bonds is 3. The third kappa shape index (κ3) is 4.51. The summed E-state index contributed by atoms with van der Waals surface area (Å²) >= 11 is 6.91. The lowest BCUT2D eigenvalue weighted by Gasteiger charge is -2.09. The van der Waals surface area contributed by atoms with Crippen molar-refractivity contribution in [3.8, 4) is 11.4 Å². The molecule has 0 saturated heterocycles. The van der Waals surface area contributed by atoms with Crippen molar-refractivity contribution in [1.29, 1.82) is 0 Å². The molecule has 0 amide bonds. The fourth-order valence-corrected chi connectivity index (χ4v) is 3.10. The molecular formula is C16H8ClF6N3S. The minimum Gasteiger partial charge on any atom is -0.332 e. The van der Waals surface area contributed by atoms with Crippen LogP contribution in [-0.4, -0.2) is 9.97 Å². The van der Waals surface area contributed by atoms with Crippen molar-refractivity contribution in [3.63, 3.8) is 0 Å². The summed E-state index contributed by atoms with van der Waals surface area (Å²) in [6.07, 6.45) is -8.42. The molecule has 0 unspecified atom stereocenters. The largest absolute Gasteiger partial charge is 0.417 e. The highest BCUT2D eigenvalue weighted by molar-refractivity contribution is 7.14. The highest BCUT2D eigenvalue weighted by Gasteiger charge is 2.32. The summed E-state index contributed by atoms with van der Waals surface area (Å²) in [5, 5.41) is 4.20. The van der Waals surface area contributed by atoms with Crippen LogP contribution >= 0.6 is 22.9 Å². The molecule has 0 aliphatic rings. The van der Waals surface area contributed by atoms with Crippen LogP contribution in [0, 0.1) is 0 Å². The highest BCUT2D eigenvalue weighted by atomic mass is 35.5. The maximum absolute atomic E-state index is 12.7. The van der Waals surface area contributed by atoms with Crippen LogP contribution in [0.25, 0.3) is 11.4 Å². The average molecular weight is 424 g/mol. The zero-order chi connectivity index (χ0) is 19.8. The first-order valence-corrected chi connectivity index (χ1v) is 8.43. The highest BCUT2D eigenvalue weighted by Crippen LogP contribution is 2.36. The first kappa shape index (κ1) is 19.4. The molecule has 0 atom stereocenters. The minimum atomic E-state index is -4.58. The normalized spacial score (nSPS) is 12.3. The number of hydrogen-bond acceptors (Lipinski definition) is 4. The Bertz CT molecular complexity index is 967. The zero-order valence-electron chi connectivity index (χ0n) is 13.0. The Kier molecular flexibility index (Phi) is 5.04. The van der Waals surface area contributed by atoms with Crippen molar-refractivity contribution >= 4 is 33.8 Å². The summed E-state index contributed by atoms with van der Waals surface area (Å²) in [7, 11) is 0. The lowest BCUT2D eigenvalue weighted by Crippen LogP contribution is -2.06. The maximum atomic E-state index is 12.7. The van der Waals surface area contributed by atoms with Gasteiger partial charge in [0.25, 0.3) is 0 Å². The van der Waals surface area contributed by atoms with Crippen LogP contribution in [0.5, 0.6) is 0 Å². The second kappa shape index (κ2) is 7.01. The SMILES string of the molecule is FC(F)(F)c1cccc(Nc2nc(-c3ncc(C(F)(F)F)cc3Cl)cs2)c1. The number of benzene rings is 1. The Morgan fingerprint density at radius 1 is 0.963 bits per heavy atom. The van der Waals surface area contributed by atoms with Crippen LogP contribution in [0.4, 0.5) is 37.2 Å². The molecule has 1 N–H and O–H groups in total. The Balaban J connectivity index is 1.84. The van der Waals surface area contributed by atoms with Crippen LogP contribution in [0.1, 0.15) is 11.1 Å². The summed E-state index contributed by atoms with van der Waals surface area (Å²) in [6.45, 7) is 0. The summed E-state index contributed by atoms with van der Waals surface area (Å²) in [5.74, 6) is 0. The Labute approximate surface area is 157 Å². The van der Waals surface area contributed by atoms with E-state index in [0.29, 0.717) is 6.20 Å². The van der Waals surface area contributed by atoms with Gasteiger partial charge in [0.05, 0.1) is 16.1 Å². The van der Waals surface area contributed by atoms with Crippen LogP contribution < -0.4 is 5.32 Å². The van der Waals surface area contributed by atoms with Gasteiger partial charge in [-0.2, -0.15) is 26.3 Å². The molecule has 3 aromatic rings. The summed E-state index contributed by atoms with van der Waals surface area (Å²) in [4.78, 5) is 7.82. The topological polar surface area (TPSA) is 37.8 Å². The van der Waals surface area contributed by atoms with E-state index >= 15 is 0 Å². The molecule has 0 aliphatic heterocycles. The average Bonchev–Trinajstić information content (AvgIpc) is 3.01. The Hall–Kier alpha value is -2.33. The van der Waals surface area contributed by atoms with Gasteiger partial charge in [0.1, 0.15) is 11.4 Å². The molecular weight excluding hydrogens is 416 g/mol. The van der Waals surface area contributed by atoms with Crippen LogP contribution in [0.15, 0.2) is 41.9 Å².